The van der Waals surface area contributed by atoms with Crippen LogP contribution in [0.1, 0.15) is 5.56 Å². The number of hydrogen-bond donors (Lipinski definition) is 1. The van der Waals surface area contributed by atoms with Gasteiger partial charge < -0.3 is 9.90 Å². The number of benzene rings is 1. The second-order valence-electron chi connectivity index (χ2n) is 2.04. The van der Waals surface area contributed by atoms with Gasteiger partial charge in [-0.1, -0.05) is 18.8 Å². The molecule has 2 nitrogen and oxygen atoms in total. The lowest BCUT2D eigenvalue weighted by atomic mass is 10.2. The molecule has 1 rings (SSSR count). The van der Waals surface area contributed by atoms with E-state index in [0.29, 0.717) is 6.42 Å². The minimum atomic E-state index is 0.231. The van der Waals surface area contributed by atoms with Gasteiger partial charge in [0.25, 0.3) is 0 Å². The Labute approximate surface area is 74.8 Å². The molecule has 0 bridgehead atoms. The molecular weight excluding hydrogens is 171 g/mol. The third-order valence-corrected chi connectivity index (χ3v) is 1.26. The predicted octanol–water partition coefficient (Wildman–Crippen LogP) is 1.62. The number of hydrogen-bond acceptors (Lipinski definition) is 2. The maximum Gasteiger partial charge on any atom is 0.124 e. The first-order valence-electron chi connectivity index (χ1n) is 3.62. The Hall–Kier alpha value is -0.880. The Morgan fingerprint density at radius 2 is 1.83 bits per heavy atom. The molecule has 3 heteroatoms. The minimum absolute atomic E-state index is 0.231. The lowest BCUT2D eigenvalue weighted by Crippen LogP contribution is -1.82. The molecule has 12 heavy (non-hydrogen) atoms. The van der Waals surface area contributed by atoms with Crippen LogP contribution in [0.15, 0.2) is 24.3 Å². The van der Waals surface area contributed by atoms with Crippen LogP contribution in [-0.2, 0) is 11.2 Å². The van der Waals surface area contributed by atoms with E-state index >= 15 is 0 Å². The fourth-order valence-corrected chi connectivity index (χ4v) is 0.728. The Morgan fingerprint density at radius 3 is 2.25 bits per heavy atom. The molecule has 1 unspecified atom stereocenters. The summed E-state index contributed by atoms with van der Waals surface area (Å²) in [6.07, 6.45) is 1.26. The maximum absolute atomic E-state index is 10.00. The summed E-state index contributed by atoms with van der Waals surface area (Å²) < 4.78 is 0. The molecule has 0 heterocycles. The summed E-state index contributed by atoms with van der Waals surface area (Å²) in [4.78, 5) is 10.00. The van der Waals surface area contributed by atoms with Gasteiger partial charge in [0.15, 0.2) is 0 Å². The summed E-state index contributed by atoms with van der Waals surface area (Å²) in [5, 5.41) is 8.84. The Kier molecular flexibility index (Phi) is 6.31. The van der Waals surface area contributed by atoms with E-state index < -0.39 is 0 Å². The Morgan fingerprint density at radius 1 is 1.33 bits per heavy atom. The zero-order valence-corrected chi connectivity index (χ0v) is 8.18. The van der Waals surface area contributed by atoms with Crippen LogP contribution < -0.4 is 0 Å². The average molecular weight is 184 g/mol. The lowest BCUT2D eigenvalue weighted by molar-refractivity contribution is -0.107. The van der Waals surface area contributed by atoms with Crippen molar-refractivity contribution in [2.75, 3.05) is 6.66 Å². The molecule has 0 aliphatic heterocycles. The van der Waals surface area contributed by atoms with E-state index in [9.17, 15) is 4.79 Å². The molecule has 0 radical (unpaired) electrons. The highest BCUT2D eigenvalue weighted by Gasteiger charge is 1.89. The second kappa shape index (κ2) is 6.81. The fraction of sp³-hybridized carbons (Fsp3) is 0.222. The van der Waals surface area contributed by atoms with E-state index in [4.69, 9.17) is 5.11 Å². The van der Waals surface area contributed by atoms with Crippen molar-refractivity contribution in [1.82, 2.24) is 0 Å². The summed E-state index contributed by atoms with van der Waals surface area (Å²) in [5.41, 5.74) is 0.924. The van der Waals surface area contributed by atoms with Crippen LogP contribution in [0.2, 0.25) is 0 Å². The zero-order valence-electron chi connectivity index (χ0n) is 7.03. The normalized spacial score (nSPS) is 8.17. The number of phenolic OH excluding ortho intramolecular Hbond substituents is 1. The van der Waals surface area contributed by atoms with Gasteiger partial charge >= 0.3 is 0 Å². The van der Waals surface area contributed by atoms with E-state index in [1.165, 1.54) is 0 Å². The third-order valence-electron chi connectivity index (χ3n) is 1.26. The highest BCUT2D eigenvalue weighted by Crippen LogP contribution is 2.08. The third kappa shape index (κ3) is 4.09. The van der Waals surface area contributed by atoms with Gasteiger partial charge in [-0.2, -0.15) is 0 Å². The highest BCUT2D eigenvalue weighted by atomic mass is 31.0. The standard InChI is InChI=1S/C8H8O2.CH5P/c9-6-5-7-1-3-8(10)4-2-7;1-2/h1-4,6,10H,5H2;2H2,1H3. The Bertz CT molecular complexity index is 218. The van der Waals surface area contributed by atoms with E-state index in [0.717, 1.165) is 11.8 Å². The van der Waals surface area contributed by atoms with Crippen LogP contribution in [0, 0.1) is 0 Å². The second-order valence-corrected chi connectivity index (χ2v) is 2.04. The van der Waals surface area contributed by atoms with E-state index in [1.807, 2.05) is 6.66 Å². The maximum atomic E-state index is 10.00. The molecule has 0 saturated heterocycles. The molecule has 0 aromatic heterocycles. The van der Waals surface area contributed by atoms with Crippen LogP contribution >= 0.6 is 9.24 Å². The van der Waals surface area contributed by atoms with Crippen molar-refractivity contribution in [2.45, 2.75) is 6.42 Å². The first-order valence-corrected chi connectivity index (χ1v) is 4.77. The molecule has 0 fully saturated rings. The van der Waals surface area contributed by atoms with E-state index in [-0.39, 0.29) is 5.75 Å². The predicted molar refractivity (Wildman–Crippen MR) is 53.5 cm³/mol. The van der Waals surface area contributed by atoms with Gasteiger partial charge in [0.2, 0.25) is 0 Å². The molecule has 1 aromatic carbocycles. The fourth-order valence-electron chi connectivity index (χ4n) is 0.728. The molecule has 1 N–H and O–H groups in total. The zero-order chi connectivity index (χ0) is 9.40. The number of carbonyl (C=O) groups is 1. The van der Waals surface area contributed by atoms with E-state index in [1.54, 1.807) is 24.3 Å². The van der Waals surface area contributed by atoms with Crippen LogP contribution in [0.3, 0.4) is 0 Å². The van der Waals surface area contributed by atoms with Crippen molar-refractivity contribution in [3.05, 3.63) is 29.8 Å². The number of phenols is 1. The van der Waals surface area contributed by atoms with Gasteiger partial charge in [-0.15, -0.1) is 9.24 Å². The number of rotatable bonds is 2. The summed E-state index contributed by atoms with van der Waals surface area (Å²) in [6.45, 7) is 1.92. The van der Waals surface area contributed by atoms with Crippen LogP contribution in [0.4, 0.5) is 0 Å². The molecule has 0 amide bonds. The summed E-state index contributed by atoms with van der Waals surface area (Å²) >= 11 is 0. The van der Waals surface area contributed by atoms with Crippen molar-refractivity contribution in [3.8, 4) is 5.75 Å². The van der Waals surface area contributed by atoms with Crippen molar-refractivity contribution in [1.29, 1.82) is 0 Å². The first kappa shape index (κ1) is 11.1. The molecule has 0 aliphatic rings. The van der Waals surface area contributed by atoms with Crippen molar-refractivity contribution in [3.63, 3.8) is 0 Å². The molecule has 0 aliphatic carbocycles. The average Bonchev–Trinajstić information content (AvgIpc) is 2.13. The summed E-state index contributed by atoms with van der Waals surface area (Å²) in [6, 6.07) is 6.59. The monoisotopic (exact) mass is 184 g/mol. The van der Waals surface area contributed by atoms with Gasteiger partial charge in [-0.25, -0.2) is 0 Å². The highest BCUT2D eigenvalue weighted by molar-refractivity contribution is 7.15. The Balaban J connectivity index is 0.000000561. The number of carbonyl (C=O) groups excluding carboxylic acids is 1. The molecule has 0 saturated carbocycles. The largest absolute Gasteiger partial charge is 0.508 e. The van der Waals surface area contributed by atoms with Crippen LogP contribution in [0.25, 0.3) is 0 Å². The van der Waals surface area contributed by atoms with Crippen molar-refractivity contribution in [2.24, 2.45) is 0 Å². The molecule has 1 atom stereocenters. The van der Waals surface area contributed by atoms with E-state index in [2.05, 4.69) is 9.24 Å². The van der Waals surface area contributed by atoms with Gasteiger partial charge in [-0.3, -0.25) is 0 Å². The van der Waals surface area contributed by atoms with Crippen molar-refractivity contribution < 1.29 is 9.90 Å². The minimum Gasteiger partial charge on any atom is -0.508 e. The topological polar surface area (TPSA) is 37.3 Å². The molecule has 66 valence electrons. The summed E-state index contributed by atoms with van der Waals surface area (Å²) in [5.74, 6) is 0.231. The van der Waals surface area contributed by atoms with Gasteiger partial charge in [0, 0.05) is 6.42 Å². The molecule has 1 aromatic rings. The quantitative estimate of drug-likeness (QED) is 0.560. The number of aromatic hydroxyl groups is 1. The van der Waals surface area contributed by atoms with Gasteiger partial charge in [0.1, 0.15) is 12.0 Å². The van der Waals surface area contributed by atoms with Gasteiger partial charge in [-0.05, 0) is 17.7 Å². The molecule has 0 spiro atoms. The van der Waals surface area contributed by atoms with Crippen LogP contribution in [-0.4, -0.2) is 18.1 Å². The summed E-state index contributed by atoms with van der Waals surface area (Å²) in [7, 11) is 2.42. The molecular formula is C9H13O2P. The first-order chi connectivity index (χ1) is 5.83. The van der Waals surface area contributed by atoms with Gasteiger partial charge in [0.05, 0.1) is 0 Å². The number of aldehydes is 1. The lowest BCUT2D eigenvalue weighted by Gasteiger charge is -1.93. The smallest absolute Gasteiger partial charge is 0.124 e. The van der Waals surface area contributed by atoms with Crippen molar-refractivity contribution >= 4 is 15.5 Å². The SMILES string of the molecule is CP.O=CCc1ccc(O)cc1. The van der Waals surface area contributed by atoms with Crippen LogP contribution in [0.5, 0.6) is 5.75 Å².